The summed E-state index contributed by atoms with van der Waals surface area (Å²) in [6.07, 6.45) is 1.38. The fraction of sp³-hybridized carbons (Fsp3) is 0.571. The molecular formula is C14H23NO3S. The van der Waals surface area contributed by atoms with Gasteiger partial charge in [0.15, 0.2) is 9.84 Å². The van der Waals surface area contributed by atoms with Crippen molar-refractivity contribution in [1.29, 1.82) is 0 Å². The smallest absolute Gasteiger partial charge is 0.175 e. The number of sulfone groups is 1. The van der Waals surface area contributed by atoms with Crippen LogP contribution in [0.2, 0.25) is 0 Å². The van der Waals surface area contributed by atoms with Crippen LogP contribution in [0, 0.1) is 0 Å². The minimum absolute atomic E-state index is 0.163. The van der Waals surface area contributed by atoms with E-state index in [2.05, 4.69) is 5.32 Å². The van der Waals surface area contributed by atoms with Crippen molar-refractivity contribution in [2.75, 3.05) is 19.4 Å². The molecule has 108 valence electrons. The number of rotatable bonds is 7. The number of benzene rings is 1. The first kappa shape index (κ1) is 16.1. The molecule has 2 atom stereocenters. The van der Waals surface area contributed by atoms with Crippen LogP contribution in [0.1, 0.15) is 32.4 Å². The Labute approximate surface area is 116 Å². The van der Waals surface area contributed by atoms with E-state index < -0.39 is 9.84 Å². The Morgan fingerprint density at radius 1 is 1.21 bits per heavy atom. The van der Waals surface area contributed by atoms with Crippen LogP contribution in [0.25, 0.3) is 0 Å². The zero-order valence-corrected chi connectivity index (χ0v) is 12.8. The molecular weight excluding hydrogens is 262 g/mol. The molecule has 0 radical (unpaired) electrons. The van der Waals surface area contributed by atoms with E-state index in [1.54, 1.807) is 12.1 Å². The van der Waals surface area contributed by atoms with Crippen molar-refractivity contribution in [3.05, 3.63) is 29.8 Å². The lowest BCUT2D eigenvalue weighted by Crippen LogP contribution is -2.29. The van der Waals surface area contributed by atoms with Gasteiger partial charge in [-0.15, -0.1) is 0 Å². The van der Waals surface area contributed by atoms with Gasteiger partial charge in [-0.2, -0.15) is 0 Å². The zero-order chi connectivity index (χ0) is 14.5. The molecule has 19 heavy (non-hydrogen) atoms. The Balaban J connectivity index is 2.61. The van der Waals surface area contributed by atoms with E-state index in [1.165, 1.54) is 6.26 Å². The number of hydrogen-bond donors (Lipinski definition) is 1. The monoisotopic (exact) mass is 285 g/mol. The van der Waals surface area contributed by atoms with Crippen molar-refractivity contribution < 1.29 is 13.2 Å². The summed E-state index contributed by atoms with van der Waals surface area (Å²) < 4.78 is 28.2. The Morgan fingerprint density at radius 2 is 1.79 bits per heavy atom. The van der Waals surface area contributed by atoms with Crippen LogP contribution in [-0.2, 0) is 14.6 Å². The molecule has 2 unspecified atom stereocenters. The fourth-order valence-electron chi connectivity index (χ4n) is 1.81. The summed E-state index contributed by atoms with van der Waals surface area (Å²) in [5, 5.41) is 3.37. The Bertz CT molecular complexity index is 482. The standard InChI is InChI=1S/C14H23NO3S/c1-5-18-11(2)10-15-12(3)13-6-8-14(9-7-13)19(4,16)17/h6-9,11-12,15H,5,10H2,1-4H3. The van der Waals surface area contributed by atoms with Crippen LogP contribution in [0.3, 0.4) is 0 Å². The Hall–Kier alpha value is -0.910. The van der Waals surface area contributed by atoms with Crippen molar-refractivity contribution in [3.8, 4) is 0 Å². The first-order valence-corrected chi connectivity index (χ1v) is 8.38. The molecule has 0 amide bonds. The van der Waals surface area contributed by atoms with E-state index in [-0.39, 0.29) is 12.1 Å². The van der Waals surface area contributed by atoms with Crippen molar-refractivity contribution in [2.24, 2.45) is 0 Å². The summed E-state index contributed by atoms with van der Waals surface area (Å²) in [5.41, 5.74) is 1.07. The maximum absolute atomic E-state index is 11.4. The van der Waals surface area contributed by atoms with Gasteiger partial charge in [0, 0.05) is 25.4 Å². The average Bonchev–Trinajstić information content (AvgIpc) is 2.35. The molecule has 0 aromatic heterocycles. The zero-order valence-electron chi connectivity index (χ0n) is 12.0. The van der Waals surface area contributed by atoms with Crippen LogP contribution >= 0.6 is 0 Å². The largest absolute Gasteiger partial charge is 0.377 e. The minimum atomic E-state index is -3.12. The third-order valence-electron chi connectivity index (χ3n) is 2.97. The highest BCUT2D eigenvalue weighted by Gasteiger charge is 2.10. The highest BCUT2D eigenvalue weighted by molar-refractivity contribution is 7.90. The molecule has 0 aliphatic heterocycles. The predicted molar refractivity (Wildman–Crippen MR) is 77.1 cm³/mol. The van der Waals surface area contributed by atoms with E-state index >= 15 is 0 Å². The van der Waals surface area contributed by atoms with Gasteiger partial charge in [-0.05, 0) is 38.5 Å². The maximum Gasteiger partial charge on any atom is 0.175 e. The molecule has 0 spiro atoms. The molecule has 4 nitrogen and oxygen atoms in total. The Morgan fingerprint density at radius 3 is 2.26 bits per heavy atom. The van der Waals surface area contributed by atoms with Gasteiger partial charge in [0.1, 0.15) is 0 Å². The maximum atomic E-state index is 11.4. The topological polar surface area (TPSA) is 55.4 Å². The van der Waals surface area contributed by atoms with Crippen LogP contribution < -0.4 is 5.32 Å². The van der Waals surface area contributed by atoms with Crippen molar-refractivity contribution in [1.82, 2.24) is 5.32 Å². The summed E-state index contributed by atoms with van der Waals surface area (Å²) >= 11 is 0. The van der Waals surface area contributed by atoms with Crippen LogP contribution in [0.4, 0.5) is 0 Å². The lowest BCUT2D eigenvalue weighted by Gasteiger charge is -2.18. The molecule has 0 saturated heterocycles. The van der Waals surface area contributed by atoms with Gasteiger partial charge in [-0.3, -0.25) is 0 Å². The fourth-order valence-corrected chi connectivity index (χ4v) is 2.44. The van der Waals surface area contributed by atoms with Gasteiger partial charge in [0.2, 0.25) is 0 Å². The summed E-state index contributed by atoms with van der Waals surface area (Å²) in [4.78, 5) is 0.353. The lowest BCUT2D eigenvalue weighted by atomic mass is 10.1. The van der Waals surface area contributed by atoms with Gasteiger partial charge in [0.25, 0.3) is 0 Å². The molecule has 0 fully saturated rings. The predicted octanol–water partition coefficient (Wildman–Crippen LogP) is 2.17. The molecule has 1 N–H and O–H groups in total. The molecule has 5 heteroatoms. The number of nitrogens with one attached hydrogen (secondary N) is 1. The molecule has 1 aromatic rings. The van der Waals surface area contributed by atoms with E-state index in [0.29, 0.717) is 11.5 Å². The van der Waals surface area contributed by atoms with Gasteiger partial charge in [0.05, 0.1) is 11.0 Å². The van der Waals surface area contributed by atoms with E-state index in [9.17, 15) is 8.42 Å². The molecule has 0 aliphatic carbocycles. The summed E-state index contributed by atoms with van der Waals surface area (Å²) in [7, 11) is -3.12. The second kappa shape index (κ2) is 7.03. The van der Waals surface area contributed by atoms with Gasteiger partial charge < -0.3 is 10.1 Å². The first-order chi connectivity index (χ1) is 8.84. The average molecular weight is 285 g/mol. The second-order valence-electron chi connectivity index (χ2n) is 4.74. The third kappa shape index (κ3) is 5.30. The van der Waals surface area contributed by atoms with E-state index in [0.717, 1.165) is 12.1 Å². The quantitative estimate of drug-likeness (QED) is 0.834. The Kier molecular flexibility index (Phi) is 5.97. The first-order valence-electron chi connectivity index (χ1n) is 6.49. The normalized spacial score (nSPS) is 15.2. The summed E-state index contributed by atoms with van der Waals surface area (Å²) in [6.45, 7) is 7.52. The molecule has 0 heterocycles. The highest BCUT2D eigenvalue weighted by Crippen LogP contribution is 2.16. The van der Waals surface area contributed by atoms with Gasteiger partial charge in [-0.25, -0.2) is 8.42 Å². The summed E-state index contributed by atoms with van der Waals surface area (Å²) in [5.74, 6) is 0. The SMILES string of the molecule is CCOC(C)CNC(C)c1ccc(S(C)(=O)=O)cc1. The molecule has 1 aromatic carbocycles. The van der Waals surface area contributed by atoms with E-state index in [1.807, 2.05) is 32.9 Å². The van der Waals surface area contributed by atoms with Crippen molar-refractivity contribution >= 4 is 9.84 Å². The lowest BCUT2D eigenvalue weighted by molar-refractivity contribution is 0.0743. The summed E-state index contributed by atoms with van der Waals surface area (Å²) in [6, 6.07) is 7.15. The molecule has 0 aliphatic rings. The molecule has 0 saturated carbocycles. The molecule has 1 rings (SSSR count). The second-order valence-corrected chi connectivity index (χ2v) is 6.75. The van der Waals surface area contributed by atoms with Crippen LogP contribution in [0.5, 0.6) is 0 Å². The van der Waals surface area contributed by atoms with Crippen LogP contribution in [-0.4, -0.2) is 33.9 Å². The molecule has 0 bridgehead atoms. The van der Waals surface area contributed by atoms with Crippen molar-refractivity contribution in [2.45, 2.75) is 37.8 Å². The highest BCUT2D eigenvalue weighted by atomic mass is 32.2. The number of ether oxygens (including phenoxy) is 1. The van der Waals surface area contributed by atoms with Gasteiger partial charge in [-0.1, -0.05) is 12.1 Å². The van der Waals surface area contributed by atoms with Gasteiger partial charge >= 0.3 is 0 Å². The van der Waals surface area contributed by atoms with Crippen molar-refractivity contribution in [3.63, 3.8) is 0 Å². The third-order valence-corrected chi connectivity index (χ3v) is 4.10. The van der Waals surface area contributed by atoms with Crippen LogP contribution in [0.15, 0.2) is 29.2 Å². The number of hydrogen-bond acceptors (Lipinski definition) is 4. The minimum Gasteiger partial charge on any atom is -0.377 e. The van der Waals surface area contributed by atoms with E-state index in [4.69, 9.17) is 4.74 Å².